The molecule has 0 spiro atoms. The van der Waals surface area contributed by atoms with E-state index in [4.69, 9.17) is 0 Å². The van der Waals surface area contributed by atoms with Crippen molar-refractivity contribution < 1.29 is 13.2 Å². The Morgan fingerprint density at radius 2 is 1.90 bits per heavy atom. The second-order valence-corrected chi connectivity index (χ2v) is 9.28. The molecule has 156 valence electrons. The number of H-pyrrole nitrogens is 1. The first-order chi connectivity index (χ1) is 14.4. The first-order valence-electron chi connectivity index (χ1n) is 9.76. The highest BCUT2D eigenvalue weighted by Crippen LogP contribution is 2.34. The van der Waals surface area contributed by atoms with Crippen LogP contribution in [-0.2, 0) is 14.8 Å². The molecule has 3 heterocycles. The largest absolute Gasteiger partial charge is 0.326 e. The summed E-state index contributed by atoms with van der Waals surface area (Å²) in [6.07, 6.45) is 6.89. The number of benzene rings is 1. The van der Waals surface area contributed by atoms with Crippen LogP contribution in [-0.4, -0.2) is 46.9 Å². The van der Waals surface area contributed by atoms with Crippen LogP contribution in [0.3, 0.4) is 0 Å². The van der Waals surface area contributed by atoms with E-state index < -0.39 is 10.0 Å². The number of pyridine rings is 1. The summed E-state index contributed by atoms with van der Waals surface area (Å²) in [4.78, 5) is 15.4. The van der Waals surface area contributed by atoms with Gasteiger partial charge in [-0.2, -0.15) is 9.40 Å². The predicted molar refractivity (Wildman–Crippen MR) is 113 cm³/mol. The standard InChI is InChI=1S/C21H23N5O3S/c1-15(27)24-18-4-6-19(7-5-18)30(28,29)26-12-2-3-17(14-26)21-20(13-23-25-21)16-8-10-22-11-9-16/h4-11,13,17H,2-3,12,14H2,1H3,(H,23,25)(H,24,27)/t17-/m1/s1. The van der Waals surface area contributed by atoms with Crippen molar-refractivity contribution in [3.8, 4) is 11.1 Å². The number of hydrogen-bond donors (Lipinski definition) is 2. The maximum Gasteiger partial charge on any atom is 0.243 e. The van der Waals surface area contributed by atoms with Gasteiger partial charge in [-0.05, 0) is 54.8 Å². The number of amides is 1. The second-order valence-electron chi connectivity index (χ2n) is 7.34. The van der Waals surface area contributed by atoms with Gasteiger partial charge < -0.3 is 5.32 Å². The average molecular weight is 426 g/mol. The maximum absolute atomic E-state index is 13.2. The first kappa shape index (κ1) is 20.2. The second kappa shape index (κ2) is 8.37. The number of aromatic nitrogens is 3. The van der Waals surface area contributed by atoms with Gasteiger partial charge in [0.1, 0.15) is 0 Å². The van der Waals surface area contributed by atoms with E-state index in [9.17, 15) is 13.2 Å². The third kappa shape index (κ3) is 4.12. The smallest absolute Gasteiger partial charge is 0.243 e. The van der Waals surface area contributed by atoms with Gasteiger partial charge in [-0.25, -0.2) is 8.42 Å². The number of aromatic amines is 1. The van der Waals surface area contributed by atoms with E-state index in [2.05, 4.69) is 20.5 Å². The molecule has 0 aliphatic carbocycles. The summed E-state index contributed by atoms with van der Waals surface area (Å²) < 4.78 is 27.9. The molecule has 2 aromatic heterocycles. The highest BCUT2D eigenvalue weighted by atomic mass is 32.2. The number of piperidine rings is 1. The van der Waals surface area contributed by atoms with Crippen LogP contribution in [0.4, 0.5) is 5.69 Å². The van der Waals surface area contributed by atoms with E-state index in [0.717, 1.165) is 29.7 Å². The molecule has 1 aliphatic heterocycles. The van der Waals surface area contributed by atoms with Gasteiger partial charge in [0.25, 0.3) is 0 Å². The molecule has 3 aromatic rings. The van der Waals surface area contributed by atoms with Gasteiger partial charge in [0.15, 0.2) is 0 Å². The summed E-state index contributed by atoms with van der Waals surface area (Å²) in [6.45, 7) is 2.27. The molecule has 9 heteroatoms. The topological polar surface area (TPSA) is 108 Å². The Bertz CT molecular complexity index is 1130. The van der Waals surface area contributed by atoms with Crippen LogP contribution < -0.4 is 5.32 Å². The van der Waals surface area contributed by atoms with Crippen LogP contribution in [0.25, 0.3) is 11.1 Å². The number of nitrogens with zero attached hydrogens (tertiary/aromatic N) is 3. The molecular formula is C21H23N5O3S. The van der Waals surface area contributed by atoms with Gasteiger partial charge in [0.05, 0.1) is 11.1 Å². The Labute approximate surface area is 175 Å². The van der Waals surface area contributed by atoms with Crippen molar-refractivity contribution in [3.05, 3.63) is 60.7 Å². The number of rotatable bonds is 5. The molecule has 0 saturated carbocycles. The number of carbonyl (C=O) groups excluding carboxylic acids is 1. The normalized spacial score (nSPS) is 17.6. The van der Waals surface area contributed by atoms with Crippen molar-refractivity contribution >= 4 is 21.6 Å². The van der Waals surface area contributed by atoms with Crippen LogP contribution in [0.5, 0.6) is 0 Å². The molecular weight excluding hydrogens is 402 g/mol. The summed E-state index contributed by atoms with van der Waals surface area (Å²) in [6, 6.07) is 10.1. The van der Waals surface area contributed by atoms with E-state index in [1.165, 1.54) is 23.4 Å². The van der Waals surface area contributed by atoms with Gasteiger partial charge in [-0.15, -0.1) is 0 Å². The first-order valence-corrected chi connectivity index (χ1v) is 11.2. The quantitative estimate of drug-likeness (QED) is 0.653. The predicted octanol–water partition coefficient (Wildman–Crippen LogP) is 3.00. The number of sulfonamides is 1. The van der Waals surface area contributed by atoms with Crippen LogP contribution >= 0.6 is 0 Å². The monoisotopic (exact) mass is 425 g/mol. The molecule has 1 aliphatic rings. The summed E-state index contributed by atoms with van der Waals surface area (Å²) in [5, 5.41) is 9.93. The van der Waals surface area contributed by atoms with Crippen LogP contribution in [0.15, 0.2) is 59.9 Å². The Morgan fingerprint density at radius 3 is 2.60 bits per heavy atom. The summed E-state index contributed by atoms with van der Waals surface area (Å²) >= 11 is 0. The fourth-order valence-corrected chi connectivity index (χ4v) is 5.35. The zero-order valence-electron chi connectivity index (χ0n) is 16.6. The molecule has 1 aromatic carbocycles. The van der Waals surface area contributed by atoms with E-state index >= 15 is 0 Å². The number of anilines is 1. The molecule has 0 bridgehead atoms. The number of hydrogen-bond acceptors (Lipinski definition) is 5. The lowest BCUT2D eigenvalue weighted by Gasteiger charge is -2.32. The lowest BCUT2D eigenvalue weighted by Crippen LogP contribution is -2.39. The van der Waals surface area contributed by atoms with Crippen molar-refractivity contribution in [2.24, 2.45) is 0 Å². The summed E-state index contributed by atoms with van der Waals surface area (Å²) in [7, 11) is -3.63. The van der Waals surface area contributed by atoms with E-state index in [0.29, 0.717) is 18.8 Å². The zero-order chi connectivity index (χ0) is 21.1. The van der Waals surface area contributed by atoms with Gasteiger partial charge in [0, 0.05) is 55.3 Å². The van der Waals surface area contributed by atoms with Crippen molar-refractivity contribution in [1.29, 1.82) is 0 Å². The minimum atomic E-state index is -3.63. The van der Waals surface area contributed by atoms with Crippen LogP contribution in [0.1, 0.15) is 31.4 Å². The van der Waals surface area contributed by atoms with Gasteiger partial charge in [0.2, 0.25) is 15.9 Å². The van der Waals surface area contributed by atoms with Crippen molar-refractivity contribution in [3.63, 3.8) is 0 Å². The molecule has 1 saturated heterocycles. The zero-order valence-corrected chi connectivity index (χ0v) is 17.4. The molecule has 1 amide bonds. The molecule has 1 atom stereocenters. The third-order valence-electron chi connectivity index (χ3n) is 5.26. The molecule has 8 nitrogen and oxygen atoms in total. The van der Waals surface area contributed by atoms with Crippen LogP contribution in [0.2, 0.25) is 0 Å². The molecule has 0 radical (unpaired) electrons. The minimum Gasteiger partial charge on any atom is -0.326 e. The van der Waals surface area contributed by atoms with Gasteiger partial charge in [-0.1, -0.05) is 0 Å². The maximum atomic E-state index is 13.2. The Hall–Kier alpha value is -3.04. The number of carbonyl (C=O) groups is 1. The molecule has 4 rings (SSSR count). The highest BCUT2D eigenvalue weighted by Gasteiger charge is 2.32. The summed E-state index contributed by atoms with van der Waals surface area (Å²) in [5.74, 6) is -0.174. The fraction of sp³-hybridized carbons (Fsp3) is 0.286. The Kier molecular flexibility index (Phi) is 5.65. The molecule has 1 fully saturated rings. The van der Waals surface area contributed by atoms with E-state index in [1.807, 2.05) is 12.1 Å². The third-order valence-corrected chi connectivity index (χ3v) is 7.14. The van der Waals surface area contributed by atoms with Gasteiger partial charge in [-0.3, -0.25) is 14.9 Å². The van der Waals surface area contributed by atoms with Gasteiger partial charge >= 0.3 is 0 Å². The summed E-state index contributed by atoms with van der Waals surface area (Å²) in [5.41, 5.74) is 3.49. The number of nitrogens with one attached hydrogen (secondary N) is 2. The van der Waals surface area contributed by atoms with Crippen molar-refractivity contribution in [2.75, 3.05) is 18.4 Å². The Balaban J connectivity index is 1.56. The molecule has 0 unspecified atom stereocenters. The minimum absolute atomic E-state index is 0.0258. The SMILES string of the molecule is CC(=O)Nc1ccc(S(=O)(=O)N2CCC[C@@H](c3[nH]ncc3-c3ccncc3)C2)cc1. The highest BCUT2D eigenvalue weighted by molar-refractivity contribution is 7.89. The van der Waals surface area contributed by atoms with Crippen LogP contribution in [0, 0.1) is 0 Å². The fourth-order valence-electron chi connectivity index (χ4n) is 3.83. The average Bonchev–Trinajstić information content (AvgIpc) is 3.24. The Morgan fingerprint density at radius 1 is 1.17 bits per heavy atom. The molecule has 2 N–H and O–H groups in total. The van der Waals surface area contributed by atoms with Crippen molar-refractivity contribution in [2.45, 2.75) is 30.6 Å². The van der Waals surface area contributed by atoms with Crippen molar-refractivity contribution in [1.82, 2.24) is 19.5 Å². The van der Waals surface area contributed by atoms with E-state index in [1.54, 1.807) is 30.7 Å². The lowest BCUT2D eigenvalue weighted by molar-refractivity contribution is -0.114. The lowest BCUT2D eigenvalue weighted by atomic mass is 9.92. The molecule has 30 heavy (non-hydrogen) atoms. The van der Waals surface area contributed by atoms with E-state index in [-0.39, 0.29) is 16.7 Å².